The molecule has 31 heavy (non-hydrogen) atoms. The summed E-state index contributed by atoms with van der Waals surface area (Å²) in [6.45, 7) is 4.18. The number of hydrogen-bond acceptors (Lipinski definition) is 4. The molecule has 0 radical (unpaired) electrons. The summed E-state index contributed by atoms with van der Waals surface area (Å²) in [6.07, 6.45) is 1.10. The standard InChI is InChI=1S/C24H20N2O3S2/c1-16(17-7-4-3-5-8-17)18-9-6-10-20(13-18)25-24(27)23-15-19-14-21(26-31(2,28)29)11-12-22(19)30-23/h3-15,26H,1H2,2H3,(H,25,27). The second-order valence-corrected chi connectivity index (χ2v) is 9.95. The van der Waals surface area contributed by atoms with Gasteiger partial charge in [0.2, 0.25) is 10.0 Å². The molecule has 0 saturated heterocycles. The molecule has 7 heteroatoms. The summed E-state index contributed by atoms with van der Waals surface area (Å²) in [5.41, 5.74) is 3.97. The first-order valence-corrected chi connectivity index (χ1v) is 12.2. The Labute approximate surface area is 185 Å². The summed E-state index contributed by atoms with van der Waals surface area (Å²) in [5.74, 6) is -0.221. The van der Waals surface area contributed by atoms with Crippen molar-refractivity contribution in [2.45, 2.75) is 0 Å². The van der Waals surface area contributed by atoms with Crippen molar-refractivity contribution in [3.8, 4) is 0 Å². The van der Waals surface area contributed by atoms with E-state index in [1.807, 2.05) is 54.6 Å². The average Bonchev–Trinajstić information content (AvgIpc) is 3.16. The van der Waals surface area contributed by atoms with E-state index in [0.29, 0.717) is 16.3 Å². The van der Waals surface area contributed by atoms with E-state index in [-0.39, 0.29) is 5.91 Å². The Hall–Kier alpha value is -3.42. The summed E-state index contributed by atoms with van der Waals surface area (Å²) in [5, 5.41) is 3.74. The molecule has 0 bridgehead atoms. The molecule has 0 aliphatic rings. The number of carbonyl (C=O) groups is 1. The Balaban J connectivity index is 1.54. The van der Waals surface area contributed by atoms with Crippen molar-refractivity contribution in [2.24, 2.45) is 0 Å². The number of nitrogens with one attached hydrogen (secondary N) is 2. The van der Waals surface area contributed by atoms with E-state index in [4.69, 9.17) is 0 Å². The maximum Gasteiger partial charge on any atom is 0.265 e. The number of fused-ring (bicyclic) bond motifs is 1. The molecule has 0 aliphatic carbocycles. The van der Waals surface area contributed by atoms with Crippen molar-refractivity contribution in [1.82, 2.24) is 0 Å². The van der Waals surface area contributed by atoms with Gasteiger partial charge in [0.05, 0.1) is 11.1 Å². The number of hydrogen-bond donors (Lipinski definition) is 2. The van der Waals surface area contributed by atoms with Gasteiger partial charge in [0.1, 0.15) is 0 Å². The molecule has 1 amide bonds. The van der Waals surface area contributed by atoms with Crippen molar-refractivity contribution in [3.63, 3.8) is 0 Å². The Bertz CT molecular complexity index is 1390. The first kappa shape index (κ1) is 20.8. The van der Waals surface area contributed by atoms with Gasteiger partial charge in [-0.25, -0.2) is 8.42 Å². The van der Waals surface area contributed by atoms with E-state index in [9.17, 15) is 13.2 Å². The monoisotopic (exact) mass is 448 g/mol. The third kappa shape index (κ3) is 5.02. The molecule has 0 atom stereocenters. The normalized spacial score (nSPS) is 11.3. The summed E-state index contributed by atoms with van der Waals surface area (Å²) in [7, 11) is -3.36. The predicted octanol–water partition coefficient (Wildman–Crippen LogP) is 5.59. The molecule has 156 valence electrons. The summed E-state index contributed by atoms with van der Waals surface area (Å²) >= 11 is 1.35. The van der Waals surface area contributed by atoms with Gasteiger partial charge in [0, 0.05) is 16.1 Å². The lowest BCUT2D eigenvalue weighted by molar-refractivity contribution is 0.103. The molecule has 0 spiro atoms. The molecule has 4 aromatic rings. The number of thiophene rings is 1. The second-order valence-electron chi connectivity index (χ2n) is 7.12. The Morgan fingerprint density at radius 2 is 1.61 bits per heavy atom. The fourth-order valence-corrected chi connectivity index (χ4v) is 4.71. The van der Waals surface area contributed by atoms with Crippen LogP contribution >= 0.6 is 11.3 Å². The highest BCUT2D eigenvalue weighted by Gasteiger charge is 2.13. The molecular weight excluding hydrogens is 428 g/mol. The van der Waals surface area contributed by atoms with Gasteiger partial charge in [-0.2, -0.15) is 0 Å². The smallest absolute Gasteiger partial charge is 0.265 e. The molecule has 5 nitrogen and oxygen atoms in total. The molecule has 0 unspecified atom stereocenters. The van der Waals surface area contributed by atoms with Crippen LogP contribution < -0.4 is 10.0 Å². The van der Waals surface area contributed by atoms with Crippen LogP contribution in [0.2, 0.25) is 0 Å². The number of sulfonamides is 1. The molecule has 1 heterocycles. The fraction of sp³-hybridized carbons (Fsp3) is 0.0417. The van der Waals surface area contributed by atoms with Gasteiger partial charge in [-0.05, 0) is 58.5 Å². The van der Waals surface area contributed by atoms with Crippen LogP contribution in [0.4, 0.5) is 11.4 Å². The van der Waals surface area contributed by atoms with Crippen LogP contribution in [-0.2, 0) is 10.0 Å². The second kappa shape index (κ2) is 8.37. The van der Waals surface area contributed by atoms with E-state index in [2.05, 4.69) is 16.6 Å². The lowest BCUT2D eigenvalue weighted by Crippen LogP contribution is -2.10. The maximum absolute atomic E-state index is 12.8. The zero-order valence-electron chi connectivity index (χ0n) is 16.8. The molecule has 4 rings (SSSR count). The number of anilines is 2. The van der Waals surface area contributed by atoms with E-state index in [0.717, 1.165) is 33.0 Å². The largest absolute Gasteiger partial charge is 0.321 e. The number of carbonyl (C=O) groups excluding carboxylic acids is 1. The molecule has 0 aliphatic heterocycles. The van der Waals surface area contributed by atoms with Crippen LogP contribution in [0.5, 0.6) is 0 Å². The molecule has 1 aromatic heterocycles. The van der Waals surface area contributed by atoms with Crippen molar-refractivity contribution in [1.29, 1.82) is 0 Å². The highest BCUT2D eigenvalue weighted by molar-refractivity contribution is 7.92. The minimum Gasteiger partial charge on any atom is -0.321 e. The van der Waals surface area contributed by atoms with Gasteiger partial charge in [0.25, 0.3) is 5.91 Å². The van der Waals surface area contributed by atoms with Crippen molar-refractivity contribution in [3.05, 3.63) is 101 Å². The first-order chi connectivity index (χ1) is 14.8. The van der Waals surface area contributed by atoms with Gasteiger partial charge < -0.3 is 5.32 Å². The van der Waals surface area contributed by atoms with Gasteiger partial charge in [-0.15, -0.1) is 11.3 Å². The van der Waals surface area contributed by atoms with Crippen molar-refractivity contribution >= 4 is 54.3 Å². The van der Waals surface area contributed by atoms with Crippen LogP contribution in [-0.4, -0.2) is 20.6 Å². The highest BCUT2D eigenvalue weighted by atomic mass is 32.2. The third-order valence-corrected chi connectivity index (χ3v) is 6.36. The minimum atomic E-state index is -3.36. The zero-order chi connectivity index (χ0) is 22.0. The number of benzene rings is 3. The highest BCUT2D eigenvalue weighted by Crippen LogP contribution is 2.30. The minimum absolute atomic E-state index is 0.221. The van der Waals surface area contributed by atoms with E-state index < -0.39 is 10.0 Å². The summed E-state index contributed by atoms with van der Waals surface area (Å²) in [4.78, 5) is 13.4. The van der Waals surface area contributed by atoms with Gasteiger partial charge in [-0.1, -0.05) is 49.0 Å². The SMILES string of the molecule is C=C(c1ccccc1)c1cccc(NC(=O)c2cc3cc(NS(C)(=O)=O)ccc3s2)c1. The Morgan fingerprint density at radius 3 is 2.35 bits per heavy atom. The van der Waals surface area contributed by atoms with Crippen LogP contribution in [0.25, 0.3) is 15.7 Å². The maximum atomic E-state index is 12.8. The molecule has 0 saturated carbocycles. The predicted molar refractivity (Wildman–Crippen MR) is 129 cm³/mol. The lowest BCUT2D eigenvalue weighted by atomic mass is 9.99. The molecule has 3 aromatic carbocycles. The Kier molecular flexibility index (Phi) is 5.63. The van der Waals surface area contributed by atoms with Gasteiger partial charge in [0.15, 0.2) is 0 Å². The topological polar surface area (TPSA) is 75.3 Å². The summed E-state index contributed by atoms with van der Waals surface area (Å²) < 4.78 is 26.2. The zero-order valence-corrected chi connectivity index (χ0v) is 18.4. The average molecular weight is 449 g/mol. The van der Waals surface area contributed by atoms with Crippen molar-refractivity contribution in [2.75, 3.05) is 16.3 Å². The van der Waals surface area contributed by atoms with Crippen LogP contribution in [0.15, 0.2) is 85.4 Å². The molecule has 2 N–H and O–H groups in total. The van der Waals surface area contributed by atoms with E-state index in [1.165, 1.54) is 11.3 Å². The van der Waals surface area contributed by atoms with Crippen molar-refractivity contribution < 1.29 is 13.2 Å². The first-order valence-electron chi connectivity index (χ1n) is 9.46. The lowest BCUT2D eigenvalue weighted by Gasteiger charge is -2.09. The van der Waals surface area contributed by atoms with Gasteiger partial charge in [-0.3, -0.25) is 9.52 Å². The van der Waals surface area contributed by atoms with Crippen LogP contribution in [0.3, 0.4) is 0 Å². The van der Waals surface area contributed by atoms with E-state index in [1.54, 1.807) is 24.3 Å². The third-order valence-electron chi connectivity index (χ3n) is 4.63. The van der Waals surface area contributed by atoms with E-state index >= 15 is 0 Å². The fourth-order valence-electron chi connectivity index (χ4n) is 3.22. The van der Waals surface area contributed by atoms with Crippen LogP contribution in [0, 0.1) is 0 Å². The number of amides is 1. The summed E-state index contributed by atoms with van der Waals surface area (Å²) in [6, 6.07) is 24.4. The quantitative estimate of drug-likeness (QED) is 0.404. The Morgan fingerprint density at radius 1 is 0.871 bits per heavy atom. The number of rotatable bonds is 6. The molecular formula is C24H20N2O3S2. The van der Waals surface area contributed by atoms with Crippen LogP contribution in [0.1, 0.15) is 20.8 Å². The van der Waals surface area contributed by atoms with Gasteiger partial charge >= 0.3 is 0 Å². The molecule has 0 fully saturated rings.